The quantitative estimate of drug-likeness (QED) is 0.768. The van der Waals surface area contributed by atoms with Crippen molar-refractivity contribution in [3.8, 4) is 0 Å². The van der Waals surface area contributed by atoms with E-state index in [0.717, 1.165) is 36.3 Å². The summed E-state index contributed by atoms with van der Waals surface area (Å²) >= 11 is 1.40. The molecule has 1 saturated heterocycles. The fraction of sp³-hybridized carbons (Fsp3) is 0.444. The van der Waals surface area contributed by atoms with E-state index in [4.69, 9.17) is 0 Å². The van der Waals surface area contributed by atoms with Gasteiger partial charge >= 0.3 is 0 Å². The van der Waals surface area contributed by atoms with Crippen LogP contribution in [0.2, 0.25) is 0 Å². The largest absolute Gasteiger partial charge is 0.348 e. The van der Waals surface area contributed by atoms with E-state index in [1.807, 2.05) is 0 Å². The third-order valence-electron chi connectivity index (χ3n) is 5.24. The van der Waals surface area contributed by atoms with Gasteiger partial charge in [0, 0.05) is 24.9 Å². The predicted molar refractivity (Wildman–Crippen MR) is 98.1 cm³/mol. The number of carbonyl (C=O) groups excluding carboxylic acids is 1. The maximum atomic E-state index is 12.7. The van der Waals surface area contributed by atoms with Gasteiger partial charge in [-0.2, -0.15) is 0 Å². The smallest absolute Gasteiger partial charge is 0.204 e. The topological polar surface area (TPSA) is 67.3 Å². The Bertz CT molecular complexity index is 908. The third-order valence-corrected chi connectivity index (χ3v) is 7.41. The zero-order valence-corrected chi connectivity index (χ0v) is 15.6. The average Bonchev–Trinajstić information content (AvgIpc) is 3.28. The number of nitrogens with zero attached hydrogens (tertiary/aromatic N) is 2. The molecule has 0 radical (unpaired) electrons. The molecule has 1 aliphatic heterocycles. The van der Waals surface area contributed by atoms with Crippen LogP contribution < -0.4 is 4.90 Å². The third kappa shape index (κ3) is 3.22. The van der Waals surface area contributed by atoms with Gasteiger partial charge in [0.2, 0.25) is 5.78 Å². The van der Waals surface area contributed by atoms with Crippen LogP contribution in [0.15, 0.2) is 35.4 Å². The molecule has 2 aromatic rings. The van der Waals surface area contributed by atoms with Crippen LogP contribution in [0.4, 0.5) is 5.13 Å². The molecular formula is C18H20N2O3S2. The Kier molecular flexibility index (Phi) is 4.16. The SMILES string of the molecule is CS(=O)(=O)c1cccc(C(=O)c2cnc(N3CC4CCCC4C3)s2)c1. The van der Waals surface area contributed by atoms with Gasteiger partial charge in [-0.3, -0.25) is 4.79 Å². The molecule has 25 heavy (non-hydrogen) atoms. The lowest BCUT2D eigenvalue weighted by molar-refractivity contribution is 0.104. The summed E-state index contributed by atoms with van der Waals surface area (Å²) in [7, 11) is -3.33. The van der Waals surface area contributed by atoms with E-state index < -0.39 is 9.84 Å². The number of aromatic nitrogens is 1. The summed E-state index contributed by atoms with van der Waals surface area (Å²) in [6.07, 6.45) is 6.70. The summed E-state index contributed by atoms with van der Waals surface area (Å²) in [6.45, 7) is 2.07. The zero-order chi connectivity index (χ0) is 17.6. The Morgan fingerprint density at radius 2 is 1.96 bits per heavy atom. The van der Waals surface area contributed by atoms with Crippen molar-refractivity contribution < 1.29 is 13.2 Å². The first kappa shape index (κ1) is 16.7. The highest BCUT2D eigenvalue weighted by atomic mass is 32.2. The highest BCUT2D eigenvalue weighted by molar-refractivity contribution is 7.90. The van der Waals surface area contributed by atoms with Crippen LogP contribution in [0.25, 0.3) is 0 Å². The fourth-order valence-corrected chi connectivity index (χ4v) is 5.48. The second kappa shape index (κ2) is 6.21. The van der Waals surface area contributed by atoms with Crippen molar-refractivity contribution in [1.29, 1.82) is 0 Å². The summed E-state index contributed by atoms with van der Waals surface area (Å²) in [5.74, 6) is 1.37. The molecule has 1 saturated carbocycles. The lowest BCUT2D eigenvalue weighted by atomic mass is 10.0. The monoisotopic (exact) mass is 376 g/mol. The van der Waals surface area contributed by atoms with Gasteiger partial charge in [0.1, 0.15) is 0 Å². The fourth-order valence-electron chi connectivity index (χ4n) is 3.92. The molecule has 2 heterocycles. The van der Waals surface area contributed by atoms with Crippen molar-refractivity contribution in [2.45, 2.75) is 24.2 Å². The van der Waals surface area contributed by atoms with E-state index in [1.54, 1.807) is 18.3 Å². The molecule has 1 aromatic heterocycles. The second-order valence-electron chi connectivity index (χ2n) is 6.99. The minimum Gasteiger partial charge on any atom is -0.348 e. The van der Waals surface area contributed by atoms with Crippen molar-refractivity contribution in [2.75, 3.05) is 24.2 Å². The van der Waals surface area contributed by atoms with Gasteiger partial charge in [-0.25, -0.2) is 13.4 Å². The number of hydrogen-bond donors (Lipinski definition) is 0. The molecular weight excluding hydrogens is 356 g/mol. The molecule has 2 atom stereocenters. The van der Waals surface area contributed by atoms with Gasteiger partial charge in [-0.1, -0.05) is 29.9 Å². The van der Waals surface area contributed by atoms with Crippen LogP contribution in [0, 0.1) is 11.8 Å². The lowest BCUT2D eigenvalue weighted by Crippen LogP contribution is -2.20. The van der Waals surface area contributed by atoms with Gasteiger partial charge in [0.15, 0.2) is 15.0 Å². The van der Waals surface area contributed by atoms with E-state index in [1.165, 1.54) is 42.7 Å². The maximum Gasteiger partial charge on any atom is 0.204 e. The Morgan fingerprint density at radius 3 is 2.64 bits per heavy atom. The van der Waals surface area contributed by atoms with Crippen molar-refractivity contribution in [2.24, 2.45) is 11.8 Å². The van der Waals surface area contributed by atoms with Crippen LogP contribution in [-0.2, 0) is 9.84 Å². The highest BCUT2D eigenvalue weighted by Gasteiger charge is 2.37. The van der Waals surface area contributed by atoms with Crippen LogP contribution in [0.1, 0.15) is 34.5 Å². The van der Waals surface area contributed by atoms with Gasteiger partial charge in [-0.15, -0.1) is 0 Å². The van der Waals surface area contributed by atoms with Gasteiger partial charge < -0.3 is 4.90 Å². The Morgan fingerprint density at radius 1 is 1.24 bits per heavy atom. The first-order valence-corrected chi connectivity index (χ1v) is 11.2. The van der Waals surface area contributed by atoms with Crippen LogP contribution in [-0.4, -0.2) is 38.5 Å². The number of sulfone groups is 1. The van der Waals surface area contributed by atoms with E-state index in [9.17, 15) is 13.2 Å². The summed E-state index contributed by atoms with van der Waals surface area (Å²) in [5, 5.41) is 0.900. The van der Waals surface area contributed by atoms with Crippen LogP contribution in [0.5, 0.6) is 0 Å². The second-order valence-corrected chi connectivity index (χ2v) is 10.0. The van der Waals surface area contributed by atoms with E-state index in [0.29, 0.717) is 10.4 Å². The molecule has 5 nitrogen and oxygen atoms in total. The number of thiazole rings is 1. The summed E-state index contributed by atoms with van der Waals surface area (Å²) in [4.78, 5) is 20.2. The van der Waals surface area contributed by atoms with Crippen molar-refractivity contribution in [1.82, 2.24) is 4.98 Å². The molecule has 1 aromatic carbocycles. The van der Waals surface area contributed by atoms with E-state index in [2.05, 4.69) is 9.88 Å². The first-order chi connectivity index (χ1) is 11.9. The Balaban J connectivity index is 1.55. The number of fused-ring (bicyclic) bond motifs is 1. The standard InChI is InChI=1S/C18H20N2O3S2/c1-25(22,23)15-7-3-4-12(8-15)17(21)16-9-19-18(24-16)20-10-13-5-2-6-14(13)11-20/h3-4,7-9,13-14H,2,5-6,10-11H2,1H3. The van der Waals surface area contributed by atoms with Gasteiger partial charge in [0.25, 0.3) is 0 Å². The number of anilines is 1. The number of benzene rings is 1. The normalized spacial score (nSPS) is 23.0. The Hall–Kier alpha value is -1.73. The lowest BCUT2D eigenvalue weighted by Gasteiger charge is -2.15. The minimum absolute atomic E-state index is 0.162. The minimum atomic E-state index is -3.33. The highest BCUT2D eigenvalue weighted by Crippen LogP contribution is 2.40. The predicted octanol–water partition coefficient (Wildman–Crippen LogP) is 3.01. The molecule has 2 fully saturated rings. The number of hydrogen-bond acceptors (Lipinski definition) is 6. The Labute approximate surface area is 151 Å². The van der Waals surface area contributed by atoms with Crippen molar-refractivity contribution >= 4 is 32.1 Å². The molecule has 2 aliphatic rings. The van der Waals surface area contributed by atoms with Gasteiger partial charge in [-0.05, 0) is 36.8 Å². The molecule has 0 N–H and O–H groups in total. The molecule has 1 aliphatic carbocycles. The molecule has 0 amide bonds. The van der Waals surface area contributed by atoms with E-state index >= 15 is 0 Å². The van der Waals surface area contributed by atoms with Crippen molar-refractivity contribution in [3.63, 3.8) is 0 Å². The van der Waals surface area contributed by atoms with E-state index in [-0.39, 0.29) is 10.7 Å². The summed E-state index contributed by atoms with van der Waals surface area (Å²) in [6, 6.07) is 6.20. The summed E-state index contributed by atoms with van der Waals surface area (Å²) in [5.41, 5.74) is 0.386. The molecule has 7 heteroatoms. The average molecular weight is 377 g/mol. The number of ketones is 1. The zero-order valence-electron chi connectivity index (χ0n) is 14.0. The number of carbonyl (C=O) groups is 1. The number of rotatable bonds is 4. The molecule has 132 valence electrons. The van der Waals surface area contributed by atoms with Crippen LogP contribution in [0.3, 0.4) is 0 Å². The van der Waals surface area contributed by atoms with Crippen LogP contribution >= 0.6 is 11.3 Å². The maximum absolute atomic E-state index is 12.7. The first-order valence-electron chi connectivity index (χ1n) is 8.47. The van der Waals surface area contributed by atoms with Crippen molar-refractivity contribution in [3.05, 3.63) is 40.9 Å². The summed E-state index contributed by atoms with van der Waals surface area (Å²) < 4.78 is 23.4. The van der Waals surface area contributed by atoms with Gasteiger partial charge in [0.05, 0.1) is 16.0 Å². The molecule has 4 rings (SSSR count). The molecule has 2 unspecified atom stereocenters. The molecule has 0 bridgehead atoms. The molecule has 0 spiro atoms.